The molecule has 0 saturated carbocycles. The Morgan fingerprint density at radius 2 is 2.00 bits per heavy atom. The first kappa shape index (κ1) is 12.7. The summed E-state index contributed by atoms with van der Waals surface area (Å²) >= 11 is 4.24. The highest BCUT2D eigenvalue weighted by molar-refractivity contribution is 15.0. The highest BCUT2D eigenvalue weighted by atomic mass is 128. The maximum atomic E-state index is 2.94. The van der Waals surface area contributed by atoms with Crippen molar-refractivity contribution >= 4 is 44.5 Å². The van der Waals surface area contributed by atoms with Gasteiger partial charge >= 0.3 is 0 Å². The van der Waals surface area contributed by atoms with Crippen molar-refractivity contribution < 1.29 is 0 Å². The van der Waals surface area contributed by atoms with Crippen LogP contribution >= 0.6 is 37.2 Å². The SMILES string of the molecule is CC#CC[B]CC.II. The lowest BCUT2D eigenvalue weighted by Gasteiger charge is -1.77. The summed E-state index contributed by atoms with van der Waals surface area (Å²) in [7, 11) is 2.16. The smallest absolute Gasteiger partial charge is 0.112 e. The second kappa shape index (κ2) is 16.0. The van der Waals surface area contributed by atoms with E-state index in [1.54, 1.807) is 0 Å². The third-order valence-corrected chi connectivity index (χ3v) is 0.712. The summed E-state index contributed by atoms with van der Waals surface area (Å²) in [5.41, 5.74) is 0. The van der Waals surface area contributed by atoms with Crippen LogP contribution in [0.2, 0.25) is 12.6 Å². The van der Waals surface area contributed by atoms with Gasteiger partial charge in [-0.25, -0.2) is 0 Å². The number of halogens is 2. The molecule has 0 saturated heterocycles. The summed E-state index contributed by atoms with van der Waals surface area (Å²) in [6.45, 7) is 3.99. The van der Waals surface area contributed by atoms with Crippen LogP contribution in [0.1, 0.15) is 13.8 Å². The summed E-state index contributed by atoms with van der Waals surface area (Å²) < 4.78 is 0. The second-order valence-electron chi connectivity index (χ2n) is 1.33. The molecule has 0 unspecified atom stereocenters. The Bertz CT molecular complexity index is 82.8. The summed E-state index contributed by atoms with van der Waals surface area (Å²) in [4.78, 5) is 0. The molecule has 51 valence electrons. The molecular weight excluding hydrogens is 337 g/mol. The van der Waals surface area contributed by atoms with Gasteiger partial charge in [0, 0.05) is 37.2 Å². The third kappa shape index (κ3) is 17.6. The molecule has 0 atom stereocenters. The molecule has 0 heterocycles. The Morgan fingerprint density at radius 3 is 2.33 bits per heavy atom. The first-order valence-electron chi connectivity index (χ1n) is 2.77. The van der Waals surface area contributed by atoms with Crippen LogP contribution in [0.5, 0.6) is 0 Å². The average Bonchev–Trinajstić information content (AvgIpc) is 1.94. The highest BCUT2D eigenvalue weighted by Crippen LogP contribution is 1.89. The lowest BCUT2D eigenvalue weighted by molar-refractivity contribution is 1.43. The zero-order valence-electron chi connectivity index (χ0n) is 5.75. The van der Waals surface area contributed by atoms with Gasteiger partial charge in [0.2, 0.25) is 0 Å². The minimum Gasteiger partial charge on any atom is -0.112 e. The molecule has 0 aromatic heterocycles. The Balaban J connectivity index is 0. The Morgan fingerprint density at radius 1 is 1.44 bits per heavy atom. The van der Waals surface area contributed by atoms with Gasteiger partial charge in [0.1, 0.15) is 7.28 Å². The Labute approximate surface area is 82.1 Å². The van der Waals surface area contributed by atoms with Crippen molar-refractivity contribution in [1.82, 2.24) is 0 Å². The summed E-state index contributed by atoms with van der Waals surface area (Å²) in [6.07, 6.45) is 2.08. The van der Waals surface area contributed by atoms with E-state index in [0.717, 1.165) is 12.6 Å². The molecule has 0 aliphatic rings. The van der Waals surface area contributed by atoms with Gasteiger partial charge < -0.3 is 0 Å². The van der Waals surface area contributed by atoms with Crippen molar-refractivity contribution in [3.05, 3.63) is 0 Å². The monoisotopic (exact) mass is 347 g/mol. The van der Waals surface area contributed by atoms with E-state index in [1.165, 1.54) is 0 Å². The highest BCUT2D eigenvalue weighted by Gasteiger charge is 1.76. The van der Waals surface area contributed by atoms with Gasteiger partial charge in [-0.2, -0.15) is 0 Å². The molecular formula is C6H10BI2. The normalized spacial score (nSPS) is 5.78. The Hall–Kier alpha value is 1.08. The van der Waals surface area contributed by atoms with Crippen molar-refractivity contribution in [3.8, 4) is 11.8 Å². The zero-order valence-corrected chi connectivity index (χ0v) is 10.1. The first-order valence-corrected chi connectivity index (χ1v) is 9.06. The molecule has 1 radical (unpaired) electrons. The second-order valence-corrected chi connectivity index (χ2v) is 1.33. The van der Waals surface area contributed by atoms with E-state index in [1.807, 2.05) is 6.92 Å². The fourth-order valence-corrected chi connectivity index (χ4v) is 0.319. The lowest BCUT2D eigenvalue weighted by atomic mass is 9.72. The van der Waals surface area contributed by atoms with Gasteiger partial charge in [-0.05, 0) is 13.2 Å². The molecule has 0 nitrogen and oxygen atoms in total. The third-order valence-electron chi connectivity index (χ3n) is 0.712. The molecule has 0 N–H and O–H groups in total. The van der Waals surface area contributed by atoms with Crippen molar-refractivity contribution in [1.29, 1.82) is 0 Å². The molecule has 0 amide bonds. The van der Waals surface area contributed by atoms with Crippen LogP contribution in [0.25, 0.3) is 0 Å². The minimum atomic E-state index is 0.951. The number of rotatable bonds is 2. The topological polar surface area (TPSA) is 0 Å². The van der Waals surface area contributed by atoms with E-state index in [0.29, 0.717) is 0 Å². The first-order chi connectivity index (χ1) is 4.41. The predicted molar refractivity (Wildman–Crippen MR) is 62.5 cm³/mol. The van der Waals surface area contributed by atoms with Crippen LogP contribution < -0.4 is 0 Å². The standard InChI is InChI=1S/C6H10B.I2/c1-3-5-6-7-4-2;1-2/h4,6H2,1-2H3;. The van der Waals surface area contributed by atoms with Gasteiger partial charge in [-0.1, -0.05) is 13.2 Å². The van der Waals surface area contributed by atoms with E-state index in [-0.39, 0.29) is 0 Å². The summed E-state index contributed by atoms with van der Waals surface area (Å²) in [5.74, 6) is 5.76. The molecule has 0 spiro atoms. The van der Waals surface area contributed by atoms with Crippen molar-refractivity contribution in [2.24, 2.45) is 0 Å². The van der Waals surface area contributed by atoms with Crippen LogP contribution in [-0.4, -0.2) is 7.28 Å². The summed E-state index contributed by atoms with van der Waals surface area (Å²) in [6, 6.07) is 0. The van der Waals surface area contributed by atoms with Gasteiger partial charge in [0.05, 0.1) is 0 Å². The number of hydrogen-bond acceptors (Lipinski definition) is 0. The molecule has 9 heavy (non-hydrogen) atoms. The van der Waals surface area contributed by atoms with Crippen LogP contribution in [0.15, 0.2) is 0 Å². The van der Waals surface area contributed by atoms with Crippen LogP contribution in [0.3, 0.4) is 0 Å². The molecule has 3 heteroatoms. The van der Waals surface area contributed by atoms with Gasteiger partial charge in [-0.3, -0.25) is 0 Å². The molecule has 0 rings (SSSR count). The molecule has 0 aromatic rings. The largest absolute Gasteiger partial charge is 0.125 e. The van der Waals surface area contributed by atoms with Crippen LogP contribution in [0, 0.1) is 11.8 Å². The Kier molecular flexibility index (Phi) is 22.7. The van der Waals surface area contributed by atoms with E-state index in [9.17, 15) is 0 Å². The molecule has 0 aliphatic carbocycles. The van der Waals surface area contributed by atoms with E-state index < -0.39 is 0 Å². The van der Waals surface area contributed by atoms with Crippen LogP contribution in [-0.2, 0) is 0 Å². The quantitative estimate of drug-likeness (QED) is 0.311. The van der Waals surface area contributed by atoms with Crippen LogP contribution in [0.4, 0.5) is 0 Å². The fourth-order valence-electron chi connectivity index (χ4n) is 0.319. The lowest BCUT2D eigenvalue weighted by Crippen LogP contribution is -1.79. The fraction of sp³-hybridized carbons (Fsp3) is 0.667. The maximum absolute atomic E-state index is 2.94. The average molecular weight is 347 g/mol. The van der Waals surface area contributed by atoms with Gasteiger partial charge in [0.15, 0.2) is 0 Å². The van der Waals surface area contributed by atoms with E-state index in [2.05, 4.69) is 63.3 Å². The summed E-state index contributed by atoms with van der Waals surface area (Å²) in [5, 5.41) is 0. The molecule has 0 bridgehead atoms. The predicted octanol–water partition coefficient (Wildman–Crippen LogP) is 3.34. The zero-order chi connectivity index (χ0) is 7.54. The maximum Gasteiger partial charge on any atom is 0.125 e. The van der Waals surface area contributed by atoms with Crippen molar-refractivity contribution in [2.45, 2.75) is 26.5 Å². The molecule has 0 aliphatic heterocycles. The van der Waals surface area contributed by atoms with Gasteiger partial charge in [0.25, 0.3) is 0 Å². The molecule has 0 aromatic carbocycles. The van der Waals surface area contributed by atoms with Crippen molar-refractivity contribution in [3.63, 3.8) is 0 Å². The van der Waals surface area contributed by atoms with Crippen molar-refractivity contribution in [2.75, 3.05) is 0 Å². The molecule has 0 fully saturated rings. The van der Waals surface area contributed by atoms with E-state index in [4.69, 9.17) is 0 Å². The number of hydrogen-bond donors (Lipinski definition) is 0. The minimum absolute atomic E-state index is 0.951. The van der Waals surface area contributed by atoms with Gasteiger partial charge in [-0.15, -0.1) is 11.8 Å². The van der Waals surface area contributed by atoms with E-state index >= 15 is 0 Å².